The monoisotopic (exact) mass is 322 g/mol. The van der Waals surface area contributed by atoms with Gasteiger partial charge in [0.1, 0.15) is 5.82 Å². The third-order valence-electron chi connectivity index (χ3n) is 3.87. The molecule has 0 radical (unpaired) electrons. The molecule has 4 nitrogen and oxygen atoms in total. The van der Waals surface area contributed by atoms with E-state index in [1.54, 1.807) is 19.2 Å². The lowest BCUT2D eigenvalue weighted by Crippen LogP contribution is -2.09. The molecule has 0 bridgehead atoms. The lowest BCUT2D eigenvalue weighted by molar-refractivity contribution is -0.138. The zero-order chi connectivity index (χ0) is 16.6. The number of benzene rings is 1. The van der Waals surface area contributed by atoms with Gasteiger partial charge in [0.2, 0.25) is 5.95 Å². The quantitative estimate of drug-likeness (QED) is 0.872. The highest BCUT2D eigenvalue weighted by atomic mass is 19.4. The molecule has 0 unspecified atom stereocenters. The summed E-state index contributed by atoms with van der Waals surface area (Å²) in [5.41, 5.74) is 0.809. The van der Waals surface area contributed by atoms with E-state index in [2.05, 4.69) is 20.6 Å². The van der Waals surface area contributed by atoms with E-state index >= 15 is 0 Å². The summed E-state index contributed by atoms with van der Waals surface area (Å²) >= 11 is 0. The standard InChI is InChI=1S/C16H17F3N4/c1-9-11(16(17,18)19)4-3-5-12(9)21-14-8-13(10-6-7-10)22-15(20-2)23-14/h3-5,8,10H,6-7H2,1-2H3,(H2,20,21,22,23). The van der Waals surface area contributed by atoms with E-state index in [4.69, 9.17) is 0 Å². The molecule has 1 heterocycles. The molecule has 122 valence electrons. The maximum Gasteiger partial charge on any atom is 0.416 e. The van der Waals surface area contributed by atoms with E-state index < -0.39 is 11.7 Å². The van der Waals surface area contributed by atoms with Crippen LogP contribution in [0.5, 0.6) is 0 Å². The molecule has 1 fully saturated rings. The summed E-state index contributed by atoms with van der Waals surface area (Å²) in [7, 11) is 1.71. The number of nitrogens with zero attached hydrogens (tertiary/aromatic N) is 2. The third-order valence-corrected chi connectivity index (χ3v) is 3.87. The molecule has 23 heavy (non-hydrogen) atoms. The molecule has 0 amide bonds. The predicted octanol–water partition coefficient (Wildman–Crippen LogP) is 4.47. The van der Waals surface area contributed by atoms with Crippen molar-refractivity contribution in [2.24, 2.45) is 0 Å². The number of alkyl halides is 3. The molecule has 1 aliphatic carbocycles. The zero-order valence-electron chi connectivity index (χ0n) is 12.8. The van der Waals surface area contributed by atoms with Gasteiger partial charge in [0.05, 0.1) is 11.3 Å². The number of nitrogens with one attached hydrogen (secondary N) is 2. The van der Waals surface area contributed by atoms with Crippen LogP contribution in [0.3, 0.4) is 0 Å². The fourth-order valence-electron chi connectivity index (χ4n) is 2.45. The van der Waals surface area contributed by atoms with Gasteiger partial charge in [-0.05, 0) is 37.5 Å². The Morgan fingerprint density at radius 1 is 1.17 bits per heavy atom. The van der Waals surface area contributed by atoms with Crippen LogP contribution in [0.1, 0.15) is 35.6 Å². The van der Waals surface area contributed by atoms with Crippen LogP contribution in [0.4, 0.5) is 30.6 Å². The predicted molar refractivity (Wildman–Crippen MR) is 83.0 cm³/mol. The van der Waals surface area contributed by atoms with Gasteiger partial charge in [-0.1, -0.05) is 6.07 Å². The summed E-state index contributed by atoms with van der Waals surface area (Å²) < 4.78 is 39.0. The van der Waals surface area contributed by atoms with Gasteiger partial charge >= 0.3 is 6.18 Å². The van der Waals surface area contributed by atoms with Crippen molar-refractivity contribution in [2.45, 2.75) is 31.9 Å². The lowest BCUT2D eigenvalue weighted by atomic mass is 10.1. The number of anilines is 3. The molecule has 0 atom stereocenters. The summed E-state index contributed by atoms with van der Waals surface area (Å²) in [4.78, 5) is 8.67. The molecular formula is C16H17F3N4. The van der Waals surface area contributed by atoms with Crippen LogP contribution in [-0.4, -0.2) is 17.0 Å². The first-order valence-electron chi connectivity index (χ1n) is 7.39. The van der Waals surface area contributed by atoms with Crippen LogP contribution in [0.15, 0.2) is 24.3 Å². The molecule has 1 aromatic carbocycles. The van der Waals surface area contributed by atoms with Crippen molar-refractivity contribution in [1.82, 2.24) is 9.97 Å². The minimum absolute atomic E-state index is 0.151. The first-order chi connectivity index (χ1) is 10.9. The molecular weight excluding hydrogens is 305 g/mol. The van der Waals surface area contributed by atoms with Crippen molar-refractivity contribution in [1.29, 1.82) is 0 Å². The number of hydrogen-bond acceptors (Lipinski definition) is 4. The SMILES string of the molecule is CNc1nc(Nc2cccc(C(F)(F)F)c2C)cc(C2CC2)n1. The van der Waals surface area contributed by atoms with Crippen LogP contribution in [0.25, 0.3) is 0 Å². The first kappa shape index (κ1) is 15.6. The second-order valence-corrected chi connectivity index (χ2v) is 5.63. The summed E-state index contributed by atoms with van der Waals surface area (Å²) in [6, 6.07) is 5.88. The second kappa shape index (κ2) is 5.72. The normalized spacial score (nSPS) is 14.7. The van der Waals surface area contributed by atoms with Crippen LogP contribution < -0.4 is 10.6 Å². The molecule has 2 N–H and O–H groups in total. The number of rotatable bonds is 4. The van der Waals surface area contributed by atoms with Crippen molar-refractivity contribution in [3.05, 3.63) is 41.1 Å². The third kappa shape index (κ3) is 3.38. The van der Waals surface area contributed by atoms with Crippen LogP contribution in [0.2, 0.25) is 0 Å². The van der Waals surface area contributed by atoms with Crippen LogP contribution in [-0.2, 0) is 6.18 Å². The molecule has 1 aliphatic rings. The average Bonchev–Trinajstić information content (AvgIpc) is 3.32. The molecule has 1 saturated carbocycles. The number of hydrogen-bond donors (Lipinski definition) is 2. The average molecular weight is 322 g/mol. The molecule has 0 aliphatic heterocycles. The molecule has 7 heteroatoms. The minimum atomic E-state index is -4.37. The van der Waals surface area contributed by atoms with Crippen LogP contribution >= 0.6 is 0 Å². The van der Waals surface area contributed by atoms with Gasteiger partial charge < -0.3 is 10.6 Å². The van der Waals surface area contributed by atoms with Crippen molar-refractivity contribution in [2.75, 3.05) is 17.7 Å². The van der Waals surface area contributed by atoms with E-state index in [9.17, 15) is 13.2 Å². The highest BCUT2D eigenvalue weighted by Crippen LogP contribution is 2.40. The fourth-order valence-corrected chi connectivity index (χ4v) is 2.45. The van der Waals surface area contributed by atoms with Crippen molar-refractivity contribution in [3.8, 4) is 0 Å². The van der Waals surface area contributed by atoms with Gasteiger partial charge in [-0.3, -0.25) is 0 Å². The maximum absolute atomic E-state index is 13.0. The van der Waals surface area contributed by atoms with Crippen molar-refractivity contribution in [3.63, 3.8) is 0 Å². The fraction of sp³-hybridized carbons (Fsp3) is 0.375. The van der Waals surface area contributed by atoms with E-state index in [1.165, 1.54) is 13.0 Å². The Balaban J connectivity index is 1.94. The largest absolute Gasteiger partial charge is 0.416 e. The Hall–Kier alpha value is -2.31. The smallest absolute Gasteiger partial charge is 0.357 e. The Kier molecular flexibility index (Phi) is 3.87. The second-order valence-electron chi connectivity index (χ2n) is 5.63. The zero-order valence-corrected chi connectivity index (χ0v) is 12.8. The Bertz CT molecular complexity index is 724. The highest BCUT2D eigenvalue weighted by molar-refractivity contribution is 5.63. The summed E-state index contributed by atoms with van der Waals surface area (Å²) in [5, 5.41) is 5.88. The number of halogens is 3. The maximum atomic E-state index is 13.0. The summed E-state index contributed by atoms with van der Waals surface area (Å²) in [6.07, 6.45) is -2.20. The molecule has 3 rings (SSSR count). The summed E-state index contributed by atoms with van der Waals surface area (Å²) in [6.45, 7) is 1.45. The Morgan fingerprint density at radius 2 is 1.91 bits per heavy atom. The lowest BCUT2D eigenvalue weighted by Gasteiger charge is -2.15. The molecule has 1 aromatic heterocycles. The van der Waals surface area contributed by atoms with Crippen molar-refractivity contribution >= 4 is 17.5 Å². The van der Waals surface area contributed by atoms with Gasteiger partial charge in [-0.2, -0.15) is 18.2 Å². The van der Waals surface area contributed by atoms with Gasteiger partial charge in [-0.25, -0.2) is 4.98 Å². The molecule has 2 aromatic rings. The van der Waals surface area contributed by atoms with E-state index in [0.29, 0.717) is 23.4 Å². The van der Waals surface area contributed by atoms with Crippen molar-refractivity contribution < 1.29 is 13.2 Å². The van der Waals surface area contributed by atoms with E-state index in [-0.39, 0.29) is 5.56 Å². The van der Waals surface area contributed by atoms with Gasteiger partial charge in [-0.15, -0.1) is 0 Å². The highest BCUT2D eigenvalue weighted by Gasteiger charge is 2.33. The van der Waals surface area contributed by atoms with E-state index in [0.717, 1.165) is 24.6 Å². The molecule has 0 spiro atoms. The van der Waals surface area contributed by atoms with Gasteiger partial charge in [0.25, 0.3) is 0 Å². The van der Waals surface area contributed by atoms with Crippen LogP contribution in [0, 0.1) is 6.92 Å². The topological polar surface area (TPSA) is 49.8 Å². The van der Waals surface area contributed by atoms with E-state index in [1.807, 2.05) is 0 Å². The summed E-state index contributed by atoms with van der Waals surface area (Å²) in [5.74, 6) is 1.38. The van der Waals surface area contributed by atoms with Gasteiger partial charge in [0.15, 0.2) is 0 Å². The first-order valence-corrected chi connectivity index (χ1v) is 7.39. The molecule has 0 saturated heterocycles. The Morgan fingerprint density at radius 3 is 2.52 bits per heavy atom. The van der Waals surface area contributed by atoms with Gasteiger partial charge in [0, 0.05) is 24.7 Å². The Labute approximate surface area is 132 Å². The number of aromatic nitrogens is 2. The minimum Gasteiger partial charge on any atom is -0.357 e.